The highest BCUT2D eigenvalue weighted by molar-refractivity contribution is 6.38. The molecule has 1 saturated heterocycles. The van der Waals surface area contributed by atoms with Crippen LogP contribution in [0, 0.1) is 5.41 Å². The van der Waals surface area contributed by atoms with Crippen molar-refractivity contribution in [3.63, 3.8) is 0 Å². The summed E-state index contributed by atoms with van der Waals surface area (Å²) in [5.74, 6) is -6.00. The smallest absolute Gasteiger partial charge is 0.407 e. The molecule has 4 amide bonds. The van der Waals surface area contributed by atoms with Crippen molar-refractivity contribution < 1.29 is 37.5 Å². The Bertz CT molecular complexity index is 969. The number of hydrogen-bond acceptors (Lipinski definition) is 6. The number of rotatable bonds is 10. The average molecular weight is 541 g/mol. The van der Waals surface area contributed by atoms with Crippen molar-refractivity contribution >= 4 is 29.6 Å². The minimum Gasteiger partial charge on any atom is -0.453 e. The van der Waals surface area contributed by atoms with Gasteiger partial charge in [0.05, 0.1) is 13.2 Å². The first-order valence-electron chi connectivity index (χ1n) is 13.6. The minimum absolute atomic E-state index is 0.110. The summed E-state index contributed by atoms with van der Waals surface area (Å²) in [5.41, 5.74) is -1.41. The lowest BCUT2D eigenvalue weighted by atomic mass is 9.72. The lowest BCUT2D eigenvalue weighted by molar-refractivity contribution is -0.143. The summed E-state index contributed by atoms with van der Waals surface area (Å²) in [5, 5.41) is 7.71. The number of alkyl halides is 2. The van der Waals surface area contributed by atoms with Crippen LogP contribution in [0.5, 0.6) is 0 Å². The predicted octanol–water partition coefficient (Wildman–Crippen LogP) is 2.19. The van der Waals surface area contributed by atoms with E-state index in [0.717, 1.165) is 44.9 Å². The van der Waals surface area contributed by atoms with Crippen LogP contribution in [0.15, 0.2) is 0 Å². The number of carbonyl (C=O) groups is 5. The number of alkyl carbamates (subject to hydrolysis) is 1. The van der Waals surface area contributed by atoms with Gasteiger partial charge >= 0.3 is 6.09 Å². The first-order valence-corrected chi connectivity index (χ1v) is 13.6. The molecule has 3 saturated carbocycles. The Balaban J connectivity index is 1.53. The van der Waals surface area contributed by atoms with E-state index >= 15 is 0 Å². The lowest BCUT2D eigenvalue weighted by Gasteiger charge is -2.33. The monoisotopic (exact) mass is 540 g/mol. The number of methoxy groups -OCH3 is 1. The predicted molar refractivity (Wildman–Crippen MR) is 131 cm³/mol. The average Bonchev–Trinajstić information content (AvgIpc) is 3.80. The van der Waals surface area contributed by atoms with Crippen LogP contribution < -0.4 is 16.0 Å². The summed E-state index contributed by atoms with van der Waals surface area (Å²) in [7, 11) is 1.20. The standard InChI is InChI=1S/C26H38F2N4O6/c1-24(27,28)11-8-17(19(33)21(35)29-16-6-7-16)30-20(34)18-14-25(9-4-3-5-10-25)15-32(18)22(36)26(12-13-26)31-23(37)38-2/h16-18H,3-15H2,1-2H3,(H,29,35)(H,30,34)(H,31,37)/t17-,18-/m0/s1. The van der Waals surface area contributed by atoms with Crippen molar-refractivity contribution in [3.05, 3.63) is 0 Å². The van der Waals surface area contributed by atoms with Crippen molar-refractivity contribution in [1.82, 2.24) is 20.9 Å². The van der Waals surface area contributed by atoms with E-state index in [1.54, 1.807) is 0 Å². The van der Waals surface area contributed by atoms with E-state index in [4.69, 9.17) is 0 Å². The maximum Gasteiger partial charge on any atom is 0.407 e. The molecule has 1 heterocycles. The molecule has 1 aliphatic heterocycles. The Morgan fingerprint density at radius 2 is 1.71 bits per heavy atom. The number of Topliss-reactive ketones (excluding diaryl/α,β-unsaturated/α-hetero) is 1. The Kier molecular flexibility index (Phi) is 7.99. The van der Waals surface area contributed by atoms with Crippen LogP contribution in [0.3, 0.4) is 0 Å². The molecule has 0 aromatic rings. The summed E-state index contributed by atoms with van der Waals surface area (Å²) < 4.78 is 32.0. The van der Waals surface area contributed by atoms with Gasteiger partial charge in [0.2, 0.25) is 23.5 Å². The Hall–Kier alpha value is -2.79. The molecule has 10 nitrogen and oxygen atoms in total. The highest BCUT2D eigenvalue weighted by Crippen LogP contribution is 2.48. The molecule has 38 heavy (non-hydrogen) atoms. The molecule has 3 aliphatic carbocycles. The molecule has 0 aromatic heterocycles. The van der Waals surface area contributed by atoms with Crippen molar-refractivity contribution in [2.24, 2.45) is 5.41 Å². The molecule has 212 valence electrons. The van der Waals surface area contributed by atoms with Gasteiger partial charge in [-0.25, -0.2) is 13.6 Å². The van der Waals surface area contributed by atoms with Crippen LogP contribution in [0.25, 0.3) is 0 Å². The first-order chi connectivity index (χ1) is 17.9. The molecule has 4 fully saturated rings. The van der Waals surface area contributed by atoms with E-state index in [9.17, 15) is 32.8 Å². The SMILES string of the molecule is COC(=O)NC1(C(=O)N2CC3(CCCCC3)C[C@H]2C(=O)N[C@@H](CCC(C)(F)F)C(=O)C(=O)NC2CC2)CC1. The molecule has 2 atom stereocenters. The van der Waals surface area contributed by atoms with E-state index in [2.05, 4.69) is 20.7 Å². The summed E-state index contributed by atoms with van der Waals surface area (Å²) in [6.45, 7) is 1.05. The highest BCUT2D eigenvalue weighted by atomic mass is 19.3. The van der Waals surface area contributed by atoms with E-state index in [1.807, 2.05) is 0 Å². The lowest BCUT2D eigenvalue weighted by Crippen LogP contribution is -2.57. The second-order valence-corrected chi connectivity index (χ2v) is 11.7. The van der Waals surface area contributed by atoms with Crippen LogP contribution in [-0.2, 0) is 23.9 Å². The third-order valence-corrected chi connectivity index (χ3v) is 8.31. The summed E-state index contributed by atoms with van der Waals surface area (Å²) >= 11 is 0. The van der Waals surface area contributed by atoms with Crippen LogP contribution >= 0.6 is 0 Å². The van der Waals surface area contributed by atoms with E-state index in [1.165, 1.54) is 12.0 Å². The number of amides is 4. The van der Waals surface area contributed by atoms with Crippen molar-refractivity contribution in [2.75, 3.05) is 13.7 Å². The molecule has 0 bridgehead atoms. The zero-order valence-electron chi connectivity index (χ0n) is 22.1. The molecule has 0 aromatic carbocycles. The number of halogens is 2. The maximum absolute atomic E-state index is 13.7. The minimum atomic E-state index is -3.09. The van der Waals surface area contributed by atoms with Gasteiger partial charge in [0, 0.05) is 19.0 Å². The van der Waals surface area contributed by atoms with Gasteiger partial charge in [0.25, 0.3) is 5.91 Å². The van der Waals surface area contributed by atoms with Gasteiger partial charge in [-0.15, -0.1) is 0 Å². The molecule has 0 radical (unpaired) electrons. The Labute approximate surface area is 221 Å². The highest BCUT2D eigenvalue weighted by Gasteiger charge is 2.58. The van der Waals surface area contributed by atoms with Gasteiger partial charge < -0.3 is 25.6 Å². The maximum atomic E-state index is 13.7. The van der Waals surface area contributed by atoms with Crippen LogP contribution in [0.1, 0.15) is 84.0 Å². The van der Waals surface area contributed by atoms with Gasteiger partial charge in [-0.2, -0.15) is 0 Å². The van der Waals surface area contributed by atoms with Crippen LogP contribution in [-0.4, -0.2) is 77.7 Å². The Morgan fingerprint density at radius 3 is 2.26 bits per heavy atom. The zero-order chi connectivity index (χ0) is 27.7. The normalized spacial score (nSPS) is 24.3. The topological polar surface area (TPSA) is 134 Å². The molecule has 1 spiro atoms. The number of nitrogens with zero attached hydrogens (tertiary/aromatic N) is 1. The fourth-order valence-electron chi connectivity index (χ4n) is 5.78. The van der Waals surface area contributed by atoms with E-state index < -0.39 is 60.1 Å². The van der Waals surface area contributed by atoms with Gasteiger partial charge in [-0.3, -0.25) is 19.2 Å². The van der Waals surface area contributed by atoms with Crippen LogP contribution in [0.4, 0.5) is 13.6 Å². The molecule has 0 unspecified atom stereocenters. The molecular weight excluding hydrogens is 502 g/mol. The fourth-order valence-corrected chi connectivity index (χ4v) is 5.78. The quantitative estimate of drug-likeness (QED) is 0.364. The summed E-state index contributed by atoms with van der Waals surface area (Å²) in [6, 6.07) is -2.49. The molecule has 4 rings (SSSR count). The van der Waals surface area contributed by atoms with Crippen LogP contribution in [0.2, 0.25) is 0 Å². The Morgan fingerprint density at radius 1 is 1.05 bits per heavy atom. The van der Waals surface area contributed by atoms with Crippen molar-refractivity contribution in [3.8, 4) is 0 Å². The second kappa shape index (κ2) is 10.8. The van der Waals surface area contributed by atoms with Crippen molar-refractivity contribution in [1.29, 1.82) is 0 Å². The second-order valence-electron chi connectivity index (χ2n) is 11.7. The van der Waals surface area contributed by atoms with Gasteiger partial charge in [-0.05, 0) is 63.7 Å². The number of nitrogens with one attached hydrogen (secondary N) is 3. The van der Waals surface area contributed by atoms with E-state index in [0.29, 0.717) is 32.7 Å². The van der Waals surface area contributed by atoms with Gasteiger partial charge in [0.1, 0.15) is 11.6 Å². The zero-order valence-corrected chi connectivity index (χ0v) is 22.1. The molecule has 12 heteroatoms. The first kappa shape index (κ1) is 28.2. The summed E-state index contributed by atoms with van der Waals surface area (Å²) in [6.07, 6.45) is 5.52. The number of ketones is 1. The fraction of sp³-hybridized carbons (Fsp3) is 0.808. The molecule has 3 N–H and O–H groups in total. The van der Waals surface area contributed by atoms with E-state index in [-0.39, 0.29) is 17.4 Å². The molecular formula is C26H38F2N4O6. The third kappa shape index (κ3) is 6.61. The third-order valence-electron chi connectivity index (χ3n) is 8.31. The number of likely N-dealkylation sites (tertiary alicyclic amines) is 1. The number of carbonyl (C=O) groups excluding carboxylic acids is 5. The molecule has 4 aliphatic rings. The summed E-state index contributed by atoms with van der Waals surface area (Å²) in [4.78, 5) is 66.0. The largest absolute Gasteiger partial charge is 0.453 e. The van der Waals surface area contributed by atoms with Crippen molar-refractivity contribution in [2.45, 2.75) is 114 Å². The number of ether oxygens (including phenoxy) is 1. The van der Waals surface area contributed by atoms with Gasteiger partial charge in [-0.1, -0.05) is 19.3 Å². The van der Waals surface area contributed by atoms with Gasteiger partial charge in [0.15, 0.2) is 0 Å². The number of hydrogen-bond donors (Lipinski definition) is 3.